The highest BCUT2D eigenvalue weighted by Crippen LogP contribution is 2.36. The van der Waals surface area contributed by atoms with Crippen LogP contribution in [-0.2, 0) is 4.79 Å². The van der Waals surface area contributed by atoms with Gasteiger partial charge in [-0.15, -0.1) is 0 Å². The fraction of sp³-hybridized carbons (Fsp3) is 0.929. The van der Waals surface area contributed by atoms with Gasteiger partial charge in [0.05, 0.1) is 6.54 Å². The van der Waals surface area contributed by atoms with Crippen molar-refractivity contribution in [3.8, 4) is 0 Å². The summed E-state index contributed by atoms with van der Waals surface area (Å²) in [6, 6.07) is -0.316. The van der Waals surface area contributed by atoms with Crippen molar-refractivity contribution in [2.24, 2.45) is 5.92 Å². The maximum absolute atomic E-state index is 12.7. The summed E-state index contributed by atoms with van der Waals surface area (Å²) in [7, 11) is 0. The highest BCUT2D eigenvalue weighted by atomic mass is 19.4. The van der Waals surface area contributed by atoms with E-state index in [9.17, 15) is 18.0 Å². The summed E-state index contributed by atoms with van der Waals surface area (Å²) >= 11 is 0. The third-order valence-corrected chi connectivity index (χ3v) is 4.26. The molecule has 4 nitrogen and oxygen atoms in total. The van der Waals surface area contributed by atoms with Crippen LogP contribution in [0.3, 0.4) is 0 Å². The summed E-state index contributed by atoms with van der Waals surface area (Å²) in [5.74, 6) is -0.157. The zero-order valence-electron chi connectivity index (χ0n) is 12.5. The maximum Gasteiger partial charge on any atom is 0.406 e. The topological polar surface area (TPSA) is 35.6 Å². The molecule has 2 rings (SSSR count). The molecule has 1 aliphatic carbocycles. The molecular formula is C14H24F3N3O. The first-order valence-corrected chi connectivity index (χ1v) is 7.66. The Labute approximate surface area is 123 Å². The van der Waals surface area contributed by atoms with Gasteiger partial charge in [0, 0.05) is 19.1 Å². The monoisotopic (exact) mass is 307 g/mol. The van der Waals surface area contributed by atoms with Gasteiger partial charge in [-0.05, 0) is 45.2 Å². The van der Waals surface area contributed by atoms with E-state index in [1.54, 1.807) is 6.92 Å². The predicted molar refractivity (Wildman–Crippen MR) is 73.9 cm³/mol. The van der Waals surface area contributed by atoms with Crippen molar-refractivity contribution in [1.82, 2.24) is 15.1 Å². The third kappa shape index (κ3) is 5.47. The van der Waals surface area contributed by atoms with Crippen molar-refractivity contribution in [3.63, 3.8) is 0 Å². The predicted octanol–water partition coefficient (Wildman–Crippen LogP) is 1.47. The number of nitrogens with one attached hydrogen (secondary N) is 1. The lowest BCUT2D eigenvalue weighted by Crippen LogP contribution is -2.49. The van der Waals surface area contributed by atoms with Crippen LogP contribution in [0.4, 0.5) is 13.2 Å². The van der Waals surface area contributed by atoms with Crippen molar-refractivity contribution in [2.75, 3.05) is 39.3 Å². The minimum absolute atomic E-state index is 0.0921. The summed E-state index contributed by atoms with van der Waals surface area (Å²) in [5.41, 5.74) is 0. The van der Waals surface area contributed by atoms with Gasteiger partial charge in [-0.25, -0.2) is 0 Å². The standard InChI is InChI=1S/C14H24F3N3O/c1-11(12-3-4-12)20(10-14(15,16)17)13(21)9-19-7-2-5-18-6-8-19/h11-12,18H,2-10H2,1H3. The van der Waals surface area contributed by atoms with E-state index in [0.717, 1.165) is 43.8 Å². The van der Waals surface area contributed by atoms with Crippen LogP contribution in [0.2, 0.25) is 0 Å². The molecule has 0 radical (unpaired) electrons. The van der Waals surface area contributed by atoms with Gasteiger partial charge in [-0.3, -0.25) is 9.69 Å². The number of alkyl halides is 3. The molecule has 122 valence electrons. The Morgan fingerprint density at radius 3 is 2.67 bits per heavy atom. The Morgan fingerprint density at radius 2 is 2.05 bits per heavy atom. The zero-order chi connectivity index (χ0) is 15.5. The van der Waals surface area contributed by atoms with Crippen LogP contribution < -0.4 is 5.32 Å². The van der Waals surface area contributed by atoms with Crippen molar-refractivity contribution in [2.45, 2.75) is 38.4 Å². The first-order chi connectivity index (χ1) is 9.87. The van der Waals surface area contributed by atoms with E-state index in [2.05, 4.69) is 5.32 Å². The van der Waals surface area contributed by atoms with E-state index in [4.69, 9.17) is 0 Å². The summed E-state index contributed by atoms with van der Waals surface area (Å²) in [6.07, 6.45) is -1.56. The lowest BCUT2D eigenvalue weighted by molar-refractivity contribution is -0.166. The molecule has 2 aliphatic rings. The summed E-state index contributed by atoms with van der Waals surface area (Å²) in [4.78, 5) is 15.3. The van der Waals surface area contributed by atoms with Crippen LogP contribution in [0, 0.1) is 5.92 Å². The average molecular weight is 307 g/mol. The number of halogens is 3. The van der Waals surface area contributed by atoms with Gasteiger partial charge in [-0.2, -0.15) is 13.2 Å². The van der Waals surface area contributed by atoms with Crippen LogP contribution in [0.1, 0.15) is 26.2 Å². The van der Waals surface area contributed by atoms with Gasteiger partial charge in [0.25, 0.3) is 0 Å². The van der Waals surface area contributed by atoms with Crippen molar-refractivity contribution in [3.05, 3.63) is 0 Å². The van der Waals surface area contributed by atoms with E-state index < -0.39 is 18.6 Å². The Hall–Kier alpha value is -0.820. The largest absolute Gasteiger partial charge is 0.406 e. The van der Waals surface area contributed by atoms with Gasteiger partial charge < -0.3 is 10.2 Å². The molecule has 1 heterocycles. The van der Waals surface area contributed by atoms with Gasteiger partial charge >= 0.3 is 6.18 Å². The van der Waals surface area contributed by atoms with Crippen molar-refractivity contribution < 1.29 is 18.0 Å². The van der Waals surface area contributed by atoms with Gasteiger partial charge in [0.15, 0.2) is 0 Å². The molecule has 0 spiro atoms. The van der Waals surface area contributed by atoms with Crippen LogP contribution in [0.5, 0.6) is 0 Å². The SMILES string of the molecule is CC(C1CC1)N(CC(F)(F)F)C(=O)CN1CCCNCC1. The number of amides is 1. The summed E-state index contributed by atoms with van der Waals surface area (Å²) in [6.45, 7) is 3.86. The van der Waals surface area contributed by atoms with Gasteiger partial charge in [0.2, 0.25) is 5.91 Å². The Balaban J connectivity index is 1.95. The van der Waals surface area contributed by atoms with Crippen LogP contribution in [-0.4, -0.2) is 67.2 Å². The first kappa shape index (κ1) is 16.5. The lowest BCUT2D eigenvalue weighted by atomic mass is 10.1. The second kappa shape index (κ2) is 6.96. The molecule has 0 bridgehead atoms. The Kier molecular flexibility index (Phi) is 5.48. The molecule has 2 fully saturated rings. The van der Waals surface area contributed by atoms with E-state index in [1.807, 2.05) is 4.90 Å². The van der Waals surface area contributed by atoms with Crippen LogP contribution >= 0.6 is 0 Å². The summed E-state index contributed by atoms with van der Waals surface area (Å²) < 4.78 is 38.2. The van der Waals surface area contributed by atoms with Crippen molar-refractivity contribution in [1.29, 1.82) is 0 Å². The zero-order valence-corrected chi connectivity index (χ0v) is 12.5. The first-order valence-electron chi connectivity index (χ1n) is 7.66. The Bertz CT molecular complexity index is 350. The number of rotatable bonds is 5. The molecule has 1 aliphatic heterocycles. The number of nitrogens with zero attached hydrogens (tertiary/aromatic N) is 2. The van der Waals surface area contributed by atoms with Crippen LogP contribution in [0.15, 0.2) is 0 Å². The minimum atomic E-state index is -4.33. The summed E-state index contributed by atoms with van der Waals surface area (Å²) in [5, 5.41) is 3.22. The molecule has 0 aromatic carbocycles. The van der Waals surface area contributed by atoms with Crippen molar-refractivity contribution >= 4 is 5.91 Å². The molecule has 1 unspecified atom stereocenters. The fourth-order valence-corrected chi connectivity index (χ4v) is 2.83. The molecule has 1 atom stereocenters. The molecular weight excluding hydrogens is 283 g/mol. The van der Waals surface area contributed by atoms with E-state index in [0.29, 0.717) is 6.54 Å². The number of carbonyl (C=O) groups is 1. The van der Waals surface area contributed by atoms with Crippen LogP contribution in [0.25, 0.3) is 0 Å². The van der Waals surface area contributed by atoms with E-state index in [1.165, 1.54) is 0 Å². The molecule has 0 aromatic rings. The molecule has 1 N–H and O–H groups in total. The molecule has 1 saturated heterocycles. The van der Waals surface area contributed by atoms with Gasteiger partial charge in [0.1, 0.15) is 6.54 Å². The number of hydrogen-bond acceptors (Lipinski definition) is 3. The molecule has 1 saturated carbocycles. The third-order valence-electron chi connectivity index (χ3n) is 4.26. The quantitative estimate of drug-likeness (QED) is 0.835. The maximum atomic E-state index is 12.7. The smallest absolute Gasteiger partial charge is 0.329 e. The number of hydrogen-bond donors (Lipinski definition) is 1. The highest BCUT2D eigenvalue weighted by molar-refractivity contribution is 5.78. The highest BCUT2D eigenvalue weighted by Gasteiger charge is 2.40. The average Bonchev–Trinajstić information content (AvgIpc) is 3.21. The lowest BCUT2D eigenvalue weighted by Gasteiger charge is -2.32. The number of carbonyl (C=O) groups excluding carboxylic acids is 1. The second-order valence-corrected chi connectivity index (χ2v) is 6.09. The second-order valence-electron chi connectivity index (χ2n) is 6.09. The molecule has 21 heavy (non-hydrogen) atoms. The molecule has 0 aromatic heterocycles. The minimum Gasteiger partial charge on any atom is -0.329 e. The fourth-order valence-electron chi connectivity index (χ4n) is 2.83. The van der Waals surface area contributed by atoms with E-state index >= 15 is 0 Å². The normalized spacial score (nSPS) is 22.7. The Morgan fingerprint density at radius 1 is 1.33 bits per heavy atom. The van der Waals surface area contributed by atoms with E-state index in [-0.39, 0.29) is 18.5 Å². The molecule has 7 heteroatoms. The van der Waals surface area contributed by atoms with Gasteiger partial charge in [-0.1, -0.05) is 0 Å². The molecule has 1 amide bonds.